The number of nitrogens with one attached hydrogen (secondary N) is 6. The molecule has 8 rings (SSSR count). The van der Waals surface area contributed by atoms with Gasteiger partial charge in [0.2, 0.25) is 0 Å². The number of anilines is 6. The minimum atomic E-state index is -5.56. The Morgan fingerprint density at radius 3 is 0.989 bits per heavy atom. The van der Waals surface area contributed by atoms with E-state index in [9.17, 15) is 109 Å². The van der Waals surface area contributed by atoms with E-state index in [2.05, 4.69) is 21.3 Å². The van der Waals surface area contributed by atoms with Gasteiger partial charge in [0, 0.05) is 55.4 Å². The summed E-state index contributed by atoms with van der Waals surface area (Å²) in [5.74, 6) is -1.73. The van der Waals surface area contributed by atoms with Crippen molar-refractivity contribution >= 4 is 154 Å². The van der Waals surface area contributed by atoms with Crippen LogP contribution < -0.4 is 30.7 Å². The number of rotatable bonds is 18. The lowest BCUT2D eigenvalue weighted by molar-refractivity contribution is 0.101. The van der Waals surface area contributed by atoms with Crippen molar-refractivity contribution in [2.45, 2.75) is 53.0 Å². The fourth-order valence-corrected chi connectivity index (χ4v) is 14.8. The summed E-state index contributed by atoms with van der Waals surface area (Å²) in [6.07, 6.45) is 0. The van der Waals surface area contributed by atoms with Gasteiger partial charge in [-0.2, -0.15) is 50.5 Å². The lowest BCUT2D eigenvalue weighted by Crippen LogP contribution is -2.21. The average molecular weight is 1370 g/mol. The van der Waals surface area contributed by atoms with E-state index in [1.807, 2.05) is 9.44 Å². The second-order valence-corrected chi connectivity index (χ2v) is 30.3. The quantitative estimate of drug-likeness (QED) is 0.0449. The van der Waals surface area contributed by atoms with Crippen molar-refractivity contribution in [2.75, 3.05) is 30.7 Å². The smallest absolute Gasteiger partial charge is 0.322 e. The molecule has 31 nitrogen and oxygen atoms in total. The van der Waals surface area contributed by atoms with Crippen LogP contribution in [0.25, 0.3) is 21.5 Å². The van der Waals surface area contributed by atoms with Crippen LogP contribution in [0.2, 0.25) is 0 Å². The summed E-state index contributed by atoms with van der Waals surface area (Å²) in [6.45, 7) is 2.94. The van der Waals surface area contributed by atoms with E-state index < -0.39 is 171 Å². The topological polar surface area (TPSA) is 518 Å². The summed E-state index contributed by atoms with van der Waals surface area (Å²) in [6, 6.07) is 19.8. The third-order valence-corrected chi connectivity index (χ3v) is 20.5. The van der Waals surface area contributed by atoms with Gasteiger partial charge < -0.3 is 21.3 Å². The molecule has 0 unspecified atom stereocenters. The molecule has 0 atom stereocenters. The third-order valence-electron chi connectivity index (χ3n) is 12.5. The van der Waals surface area contributed by atoms with Crippen LogP contribution in [0.3, 0.4) is 0 Å². The standard InChI is InChI=1S/C49H40N6O25S8/c1-25-9-11-31(81(59,60)54-37-13-15-41(85(69,70)71)35-19-33(83(63,64)65)23-43(45(35)37)87(75,76)77)21-39(25)52-47(56)27-5-3-7-29(17-27)50-49(58)51-30-8-4-6-28(18-30)48(57)53-40-22-32(12-10-26(40)2)82(61,62)55-38-14-16-42(86(72,73)74)36-20-34(84(66,67)68)24-44(46(36)38)88(78,79)80/h3-24,54-55H,1-2H3,(H,52,56)(H,53,57)(H2,50,51,58)(H,63,64,65)(H,66,67,68)(H,69,70,71)(H,72,73,74)(H,75,76,77)(H,78,79,80). The number of fused-ring (bicyclic) bond motifs is 2. The summed E-state index contributed by atoms with van der Waals surface area (Å²) in [5.41, 5.74) is -1.42. The van der Waals surface area contributed by atoms with Crippen molar-refractivity contribution in [3.05, 3.63) is 156 Å². The molecule has 88 heavy (non-hydrogen) atoms. The maximum atomic E-state index is 13.9. The van der Waals surface area contributed by atoms with Crippen molar-refractivity contribution in [2.24, 2.45) is 0 Å². The molecule has 12 N–H and O–H groups in total. The lowest BCUT2D eigenvalue weighted by Gasteiger charge is -2.17. The minimum absolute atomic E-state index is 0.0183. The molecule has 4 amide bonds. The second kappa shape index (κ2) is 23.2. The zero-order chi connectivity index (χ0) is 65.2. The molecule has 8 aromatic carbocycles. The fraction of sp³-hybridized carbons (Fsp3) is 0.0408. The molecule has 464 valence electrons. The largest absolute Gasteiger partial charge is 0.323 e. The molecule has 0 aliphatic carbocycles. The predicted octanol–water partition coefficient (Wildman–Crippen LogP) is 5.84. The van der Waals surface area contributed by atoms with Crippen LogP contribution in [0, 0.1) is 13.8 Å². The van der Waals surface area contributed by atoms with Gasteiger partial charge in [-0.3, -0.25) is 46.3 Å². The highest BCUT2D eigenvalue weighted by Gasteiger charge is 2.31. The number of hydrogen-bond donors (Lipinski definition) is 12. The molecule has 0 saturated carbocycles. The van der Waals surface area contributed by atoms with Gasteiger partial charge in [-0.05, 0) is 134 Å². The molecule has 0 aliphatic heterocycles. The third kappa shape index (κ3) is 14.4. The molecule has 8 aromatic rings. The van der Waals surface area contributed by atoms with E-state index in [0.29, 0.717) is 36.4 Å². The Morgan fingerprint density at radius 1 is 0.330 bits per heavy atom. The number of hydrogen-bond acceptors (Lipinski definition) is 19. The first-order chi connectivity index (χ1) is 40.4. The molecule has 0 radical (unpaired) electrons. The molecule has 0 bridgehead atoms. The highest BCUT2D eigenvalue weighted by atomic mass is 32.2. The molecule has 39 heteroatoms. The van der Waals surface area contributed by atoms with Gasteiger partial charge in [0.15, 0.2) is 0 Å². The number of urea groups is 1. The summed E-state index contributed by atoms with van der Waals surface area (Å²) in [5, 5.41) is 6.18. The summed E-state index contributed by atoms with van der Waals surface area (Å²) < 4.78 is 266. The average Bonchev–Trinajstić information content (AvgIpc) is 0.760. The molecular formula is C49H40N6O25S8. The van der Waals surface area contributed by atoms with Crippen molar-refractivity contribution in [1.29, 1.82) is 0 Å². The van der Waals surface area contributed by atoms with E-state index >= 15 is 0 Å². The maximum Gasteiger partial charge on any atom is 0.323 e. The van der Waals surface area contributed by atoms with E-state index in [0.717, 1.165) is 24.3 Å². The zero-order valence-electron chi connectivity index (χ0n) is 43.9. The van der Waals surface area contributed by atoms with Gasteiger partial charge in [-0.1, -0.05) is 24.3 Å². The molecule has 0 saturated heterocycles. The van der Waals surface area contributed by atoms with Gasteiger partial charge in [0.25, 0.3) is 92.6 Å². The molecule has 0 fully saturated rings. The van der Waals surface area contributed by atoms with E-state index in [-0.39, 0.29) is 57.1 Å². The lowest BCUT2D eigenvalue weighted by atomic mass is 10.1. The number of carbonyl (C=O) groups excluding carboxylic acids is 3. The van der Waals surface area contributed by atoms with Crippen LogP contribution in [-0.2, 0) is 80.8 Å². The summed E-state index contributed by atoms with van der Waals surface area (Å²) >= 11 is 0. The van der Waals surface area contributed by atoms with Gasteiger partial charge in [-0.15, -0.1) is 0 Å². The van der Waals surface area contributed by atoms with Crippen molar-refractivity contribution < 1.29 is 109 Å². The molecule has 0 spiro atoms. The molecule has 0 aliphatic rings. The normalized spacial score (nSPS) is 12.7. The minimum Gasteiger partial charge on any atom is -0.322 e. The first-order valence-corrected chi connectivity index (χ1v) is 35.3. The van der Waals surface area contributed by atoms with Crippen LogP contribution in [-0.4, -0.2) is 113 Å². The van der Waals surface area contributed by atoms with Crippen molar-refractivity contribution in [3.63, 3.8) is 0 Å². The number of sulfonamides is 2. The Labute approximate surface area is 499 Å². The predicted molar refractivity (Wildman–Crippen MR) is 312 cm³/mol. The first-order valence-electron chi connectivity index (χ1n) is 23.7. The number of amides is 4. The van der Waals surface area contributed by atoms with Crippen LogP contribution in [0.1, 0.15) is 31.8 Å². The molecule has 0 heterocycles. The maximum absolute atomic E-state index is 13.9. The Kier molecular flexibility index (Phi) is 17.2. The van der Waals surface area contributed by atoms with Gasteiger partial charge >= 0.3 is 6.03 Å². The Bertz CT molecular complexity index is 5010. The van der Waals surface area contributed by atoms with Crippen LogP contribution in [0.5, 0.6) is 0 Å². The zero-order valence-corrected chi connectivity index (χ0v) is 50.4. The monoisotopic (exact) mass is 1370 g/mol. The van der Waals surface area contributed by atoms with Gasteiger partial charge in [-0.25, -0.2) is 21.6 Å². The van der Waals surface area contributed by atoms with E-state index in [1.165, 1.54) is 74.5 Å². The molecular weight excluding hydrogens is 1330 g/mol. The Morgan fingerprint density at radius 2 is 0.670 bits per heavy atom. The highest BCUT2D eigenvalue weighted by molar-refractivity contribution is 7.93. The Balaban J connectivity index is 0.967. The SMILES string of the molecule is Cc1ccc(S(=O)(=O)Nc2ccc(S(=O)(=O)O)c3cc(S(=O)(=O)O)cc(S(=O)(=O)O)c23)cc1NC(=O)c1cccc(NC(=O)Nc2cccc(C(=O)Nc3cc(S(=O)(=O)Nc4ccc(S(=O)(=O)O)c5cc(S(=O)(=O)O)cc(S(=O)(=O)O)c45)ccc3C)c2)c1. The number of benzene rings is 8. The molecule has 0 aromatic heterocycles. The highest BCUT2D eigenvalue weighted by Crippen LogP contribution is 2.40. The van der Waals surface area contributed by atoms with Crippen LogP contribution in [0.4, 0.5) is 38.9 Å². The summed E-state index contributed by atoms with van der Waals surface area (Å²) in [4.78, 5) is 31.7. The van der Waals surface area contributed by atoms with Crippen LogP contribution >= 0.6 is 0 Å². The van der Waals surface area contributed by atoms with Crippen molar-refractivity contribution in [3.8, 4) is 0 Å². The van der Waals surface area contributed by atoms with Crippen molar-refractivity contribution in [1.82, 2.24) is 0 Å². The first kappa shape index (κ1) is 65.4. The van der Waals surface area contributed by atoms with Gasteiger partial charge in [0.05, 0.1) is 31.0 Å². The number of aryl methyl sites for hydroxylation is 2. The van der Waals surface area contributed by atoms with Gasteiger partial charge in [0.1, 0.15) is 19.6 Å². The van der Waals surface area contributed by atoms with E-state index in [4.69, 9.17) is 0 Å². The fourth-order valence-electron chi connectivity index (χ4n) is 8.49. The van der Waals surface area contributed by atoms with E-state index in [1.54, 1.807) is 0 Å². The van der Waals surface area contributed by atoms with Crippen LogP contribution in [0.15, 0.2) is 173 Å². The second-order valence-electron chi connectivity index (χ2n) is 18.6. The summed E-state index contributed by atoms with van der Waals surface area (Å²) in [7, 11) is -42.2. The number of carbonyl (C=O) groups is 3. The Hall–Kier alpha value is -8.55.